The van der Waals surface area contributed by atoms with E-state index in [9.17, 15) is 18.0 Å². The van der Waals surface area contributed by atoms with Crippen molar-refractivity contribution >= 4 is 44.4 Å². The number of sulfonamides is 1. The smallest absolute Gasteiger partial charge is 0.305 e. The van der Waals surface area contributed by atoms with Crippen LogP contribution in [0.2, 0.25) is 5.02 Å². The lowest BCUT2D eigenvalue weighted by Gasteiger charge is -2.39. The van der Waals surface area contributed by atoms with Crippen LogP contribution in [0, 0.1) is 11.8 Å². The van der Waals surface area contributed by atoms with Gasteiger partial charge in [0.1, 0.15) is 0 Å². The number of halogens is 1. The first-order valence-electron chi connectivity index (χ1n) is 15.5. The number of aromatic nitrogens is 1. The Morgan fingerprint density at radius 1 is 1.05 bits per heavy atom. The lowest BCUT2D eigenvalue weighted by atomic mass is 9.85. The number of hydrogen-bond acceptors (Lipinski definition) is 6. The molecule has 11 heteroatoms. The number of carbonyl (C=O) groups is 2. The van der Waals surface area contributed by atoms with Gasteiger partial charge in [-0.1, -0.05) is 35.9 Å². The Labute approximate surface area is 263 Å². The minimum absolute atomic E-state index is 0.0581. The Morgan fingerprint density at radius 2 is 1.77 bits per heavy atom. The van der Waals surface area contributed by atoms with E-state index in [1.54, 1.807) is 18.2 Å². The van der Waals surface area contributed by atoms with Gasteiger partial charge in [-0.2, -0.15) is 0 Å². The van der Waals surface area contributed by atoms with Gasteiger partial charge in [-0.15, -0.1) is 0 Å². The number of benzene rings is 2. The highest BCUT2D eigenvalue weighted by Crippen LogP contribution is 2.39. The molecule has 236 valence electrons. The summed E-state index contributed by atoms with van der Waals surface area (Å²) < 4.78 is 42.2. The van der Waals surface area contributed by atoms with Crippen molar-refractivity contribution in [1.82, 2.24) is 14.2 Å². The van der Waals surface area contributed by atoms with Crippen molar-refractivity contribution in [2.24, 2.45) is 18.9 Å². The monoisotopic (exact) mass is 641 g/mol. The van der Waals surface area contributed by atoms with E-state index in [1.807, 2.05) is 40.8 Å². The van der Waals surface area contributed by atoms with E-state index >= 15 is 0 Å². The largest absolute Gasteiger partial charge is 0.469 e. The summed E-state index contributed by atoms with van der Waals surface area (Å²) in [6, 6.07) is 12.8. The van der Waals surface area contributed by atoms with E-state index in [2.05, 4.69) is 4.72 Å². The van der Waals surface area contributed by atoms with E-state index in [0.717, 1.165) is 22.2 Å². The molecule has 1 N–H and O–H groups in total. The van der Waals surface area contributed by atoms with E-state index in [-0.39, 0.29) is 34.8 Å². The summed E-state index contributed by atoms with van der Waals surface area (Å²) in [4.78, 5) is 27.1. The number of morpholine rings is 1. The average Bonchev–Trinajstić information content (AvgIpc) is 3.86. The normalized spacial score (nSPS) is 22.7. The van der Waals surface area contributed by atoms with Gasteiger partial charge in [0.15, 0.2) is 0 Å². The summed E-state index contributed by atoms with van der Waals surface area (Å²) in [6.45, 7) is 1.88. The summed E-state index contributed by atoms with van der Waals surface area (Å²) in [7, 11) is -0.529. The van der Waals surface area contributed by atoms with Crippen molar-refractivity contribution in [2.75, 3.05) is 26.9 Å². The fraction of sp³-hybridized carbons (Fsp3) is 0.515. The van der Waals surface area contributed by atoms with Crippen molar-refractivity contribution in [1.29, 1.82) is 0 Å². The third-order valence-electron chi connectivity index (χ3n) is 9.51. The van der Waals surface area contributed by atoms with Crippen LogP contribution in [0.4, 0.5) is 0 Å². The topological polar surface area (TPSA) is 107 Å². The second-order valence-corrected chi connectivity index (χ2v) is 14.4. The Kier molecular flexibility index (Phi) is 9.06. The Bertz CT molecular complexity index is 1640. The van der Waals surface area contributed by atoms with Crippen molar-refractivity contribution in [3.8, 4) is 11.3 Å². The first-order chi connectivity index (χ1) is 21.2. The van der Waals surface area contributed by atoms with Crippen LogP contribution in [0.1, 0.15) is 50.5 Å². The number of nitrogens with zero attached hydrogens (tertiary/aromatic N) is 2. The predicted octanol–water partition coefficient (Wildman–Crippen LogP) is 5.08. The minimum atomic E-state index is -3.78. The van der Waals surface area contributed by atoms with Crippen molar-refractivity contribution in [3.63, 3.8) is 0 Å². The number of nitrogens with one attached hydrogen (secondary N) is 1. The molecule has 44 heavy (non-hydrogen) atoms. The highest BCUT2D eigenvalue weighted by atomic mass is 35.5. The maximum absolute atomic E-state index is 13.5. The predicted molar refractivity (Wildman–Crippen MR) is 169 cm³/mol. The van der Waals surface area contributed by atoms with E-state index in [4.69, 9.17) is 21.1 Å². The van der Waals surface area contributed by atoms with Crippen molar-refractivity contribution in [3.05, 3.63) is 53.1 Å². The molecule has 3 fully saturated rings. The first kappa shape index (κ1) is 31.1. The summed E-state index contributed by atoms with van der Waals surface area (Å²) >= 11 is 6.82. The summed E-state index contributed by atoms with van der Waals surface area (Å²) in [5, 5.41) is 1.32. The van der Waals surface area contributed by atoms with Crippen molar-refractivity contribution in [2.45, 2.75) is 68.3 Å². The zero-order valence-corrected chi connectivity index (χ0v) is 26.8. The molecule has 2 heterocycles. The van der Waals surface area contributed by atoms with Crippen LogP contribution >= 0.6 is 11.6 Å². The van der Waals surface area contributed by atoms with E-state index in [0.29, 0.717) is 74.7 Å². The second kappa shape index (κ2) is 12.8. The average molecular weight is 642 g/mol. The number of amides is 1. The molecule has 0 bridgehead atoms. The van der Waals surface area contributed by atoms with Crippen molar-refractivity contribution < 1.29 is 27.5 Å². The molecule has 1 amide bonds. The maximum Gasteiger partial charge on any atom is 0.305 e. The zero-order valence-electron chi connectivity index (χ0n) is 25.3. The Hall–Kier alpha value is -2.92. The van der Waals surface area contributed by atoms with Crippen LogP contribution in [-0.2, 0) is 42.6 Å². The molecule has 3 aromatic rings. The van der Waals surface area contributed by atoms with Gasteiger partial charge in [-0.05, 0) is 80.2 Å². The van der Waals surface area contributed by atoms with Crippen LogP contribution < -0.4 is 4.72 Å². The van der Waals surface area contributed by atoms with Gasteiger partial charge in [0.05, 0.1) is 47.5 Å². The van der Waals surface area contributed by atoms with Gasteiger partial charge in [-0.3, -0.25) is 9.59 Å². The minimum Gasteiger partial charge on any atom is -0.469 e. The lowest BCUT2D eigenvalue weighted by molar-refractivity contribution is -0.146. The summed E-state index contributed by atoms with van der Waals surface area (Å²) in [6.07, 6.45) is 5.85. The van der Waals surface area contributed by atoms with E-state index in [1.165, 1.54) is 20.0 Å². The quantitative estimate of drug-likeness (QED) is 0.327. The van der Waals surface area contributed by atoms with E-state index < -0.39 is 10.0 Å². The fourth-order valence-corrected chi connectivity index (χ4v) is 8.50. The maximum atomic E-state index is 13.5. The zero-order chi connectivity index (χ0) is 31.0. The molecule has 1 aromatic heterocycles. The molecular weight excluding hydrogens is 602 g/mol. The molecule has 9 nitrogen and oxygen atoms in total. The highest BCUT2D eigenvalue weighted by molar-refractivity contribution is 7.89. The Morgan fingerprint density at radius 3 is 2.45 bits per heavy atom. The molecule has 1 aliphatic heterocycles. The molecule has 0 unspecified atom stereocenters. The van der Waals surface area contributed by atoms with Crippen LogP contribution in [-0.4, -0.2) is 68.7 Å². The van der Waals surface area contributed by atoms with Gasteiger partial charge >= 0.3 is 5.97 Å². The molecule has 0 spiro atoms. The number of fused-ring (bicyclic) bond motifs is 1. The molecular formula is C33H40ClN3O6S. The number of hydrogen-bond donors (Lipinski definition) is 1. The molecule has 2 saturated carbocycles. The number of carbonyl (C=O) groups excluding carboxylic acids is 2. The molecule has 1 atom stereocenters. The fourth-order valence-electron chi connectivity index (χ4n) is 6.78. The van der Waals surface area contributed by atoms with Gasteiger partial charge in [-0.25, -0.2) is 13.1 Å². The molecule has 2 aliphatic carbocycles. The molecule has 1 saturated heterocycles. The molecule has 6 rings (SSSR count). The number of ether oxygens (including phenoxy) is 2. The molecule has 2 aromatic carbocycles. The first-order valence-corrected chi connectivity index (χ1v) is 17.4. The lowest BCUT2D eigenvalue weighted by Crippen LogP contribution is -2.52. The van der Waals surface area contributed by atoms with Crippen LogP contribution in [0.3, 0.4) is 0 Å². The third kappa shape index (κ3) is 6.40. The number of aryl methyl sites for hydroxylation is 2. The number of rotatable bonds is 9. The van der Waals surface area contributed by atoms with Gasteiger partial charge in [0.25, 0.3) is 0 Å². The molecule has 3 aliphatic rings. The van der Waals surface area contributed by atoms with Gasteiger partial charge in [0, 0.05) is 37.4 Å². The standard InChI is InChI=1S/C33H40ClN3O6S/c1-36-28-19-26(14-15-27(28)31(34)32(36)23-6-3-21(4-7-23)5-16-30(38)42-2)44(40,41)35-25-12-10-24(11-13-25)33(39)37-17-18-43-20-29(37)22-8-9-22/h3-4,6-7,14-15,19,22,24-25,29,35H,5,8-13,16-18,20H2,1-2H3/t24-,25-,29-/m1/s1. The highest BCUT2D eigenvalue weighted by Gasteiger charge is 2.41. The summed E-state index contributed by atoms with van der Waals surface area (Å²) in [5.41, 5.74) is 3.41. The number of esters is 1. The van der Waals surface area contributed by atoms with Crippen LogP contribution in [0.25, 0.3) is 22.2 Å². The second-order valence-electron chi connectivity index (χ2n) is 12.4. The Balaban J connectivity index is 1.12. The van der Waals surface area contributed by atoms with Gasteiger partial charge < -0.3 is 18.9 Å². The number of methoxy groups -OCH3 is 1. The molecule has 0 radical (unpaired) electrons. The summed E-state index contributed by atoms with van der Waals surface area (Å²) in [5.74, 6) is 0.473. The van der Waals surface area contributed by atoms with Crippen LogP contribution in [0.15, 0.2) is 47.4 Å². The third-order valence-corrected chi connectivity index (χ3v) is 11.4. The van der Waals surface area contributed by atoms with Crippen LogP contribution in [0.5, 0.6) is 0 Å². The van der Waals surface area contributed by atoms with Gasteiger partial charge in [0.2, 0.25) is 15.9 Å². The SMILES string of the molecule is COC(=O)CCc1ccc(-c2c(Cl)c3ccc(S(=O)(=O)N[C@H]4CC[C@H](C(=O)N5CCOC[C@@H]5C5CC5)CC4)cc3n2C)cc1.